The van der Waals surface area contributed by atoms with Crippen molar-refractivity contribution in [2.24, 2.45) is 0 Å². The molecule has 1 aromatic rings. The van der Waals surface area contributed by atoms with Gasteiger partial charge in [-0.25, -0.2) is 0 Å². The van der Waals surface area contributed by atoms with Gasteiger partial charge < -0.3 is 0 Å². The molecule has 0 bridgehead atoms. The molecular weight excluding hydrogens is 257 g/mol. The quantitative estimate of drug-likeness (QED) is 0.517. The Balaban J connectivity index is 3.26. The van der Waals surface area contributed by atoms with Crippen molar-refractivity contribution in [2.45, 2.75) is 4.07 Å². The molecule has 1 aromatic carbocycles. The molecule has 66 valence electrons. The summed E-state index contributed by atoms with van der Waals surface area (Å²) in [5, 5.41) is 0.835. The number of benzene rings is 1. The minimum Gasteiger partial charge on any atom is -0.0937 e. The van der Waals surface area contributed by atoms with Gasteiger partial charge >= 0.3 is 0 Å². The van der Waals surface area contributed by atoms with Crippen LogP contribution in [0.4, 0.5) is 0 Å². The first-order valence-corrected chi connectivity index (χ1v) is 5.13. The maximum Gasteiger partial charge on any atom is 0.157 e. The van der Waals surface area contributed by atoms with Gasteiger partial charge in [-0.3, -0.25) is 0 Å². The van der Waals surface area contributed by atoms with Crippen molar-refractivity contribution >= 4 is 55.6 Å². The van der Waals surface area contributed by atoms with Crippen molar-refractivity contribution in [3.8, 4) is 0 Å². The molecule has 0 amide bonds. The highest BCUT2D eigenvalue weighted by molar-refractivity contribution is 7.26. The number of hydrogen-bond acceptors (Lipinski definition) is 0. The van der Waals surface area contributed by atoms with Gasteiger partial charge in [-0.2, -0.15) is 0 Å². The molecule has 0 aliphatic carbocycles. The highest BCUT2D eigenvalue weighted by atomic mass is 35.5. The van der Waals surface area contributed by atoms with Gasteiger partial charge in [-0.15, -0.1) is 0 Å². The lowest BCUT2D eigenvalue weighted by atomic mass is 10.2. The Morgan fingerprint density at radius 3 is 2.17 bits per heavy atom. The minimum atomic E-state index is -1.08. The molecule has 12 heavy (non-hydrogen) atoms. The van der Waals surface area contributed by atoms with E-state index in [0.29, 0.717) is 15.6 Å². The molecule has 0 nitrogen and oxygen atoms in total. The lowest BCUT2D eigenvalue weighted by Gasteiger charge is -2.15. The monoisotopic (exact) mass is 260 g/mol. The highest BCUT2D eigenvalue weighted by Gasteiger charge is 2.23. The van der Waals surface area contributed by atoms with Crippen LogP contribution in [-0.4, -0.2) is 0 Å². The van der Waals surface area contributed by atoms with Crippen LogP contribution in [0.3, 0.4) is 0 Å². The fraction of sp³-hybridized carbons (Fsp3) is 0.143. The molecule has 0 aliphatic rings. The van der Waals surface area contributed by atoms with E-state index in [0.717, 1.165) is 0 Å². The Morgan fingerprint density at radius 1 is 1.17 bits per heavy atom. The lowest BCUT2D eigenvalue weighted by Crippen LogP contribution is -1.99. The number of rotatable bonds is 1. The lowest BCUT2D eigenvalue weighted by molar-refractivity contribution is 1.26. The zero-order valence-corrected chi connectivity index (χ0v) is 10.00. The third kappa shape index (κ3) is 2.40. The Labute approximate surface area is 93.3 Å². The Bertz CT molecular complexity index is 292. The van der Waals surface area contributed by atoms with Gasteiger partial charge in [0, 0.05) is 5.56 Å². The van der Waals surface area contributed by atoms with E-state index in [1.165, 1.54) is 0 Å². The van der Waals surface area contributed by atoms with Crippen LogP contribution in [-0.2, 0) is 4.07 Å². The van der Waals surface area contributed by atoms with Gasteiger partial charge in [-0.1, -0.05) is 67.8 Å². The molecule has 0 saturated heterocycles. The third-order valence-corrected chi connectivity index (χ3v) is 2.85. The Morgan fingerprint density at radius 2 is 1.75 bits per heavy atom. The van der Waals surface area contributed by atoms with Gasteiger partial charge in [0.25, 0.3) is 0 Å². The second-order valence-corrected chi connectivity index (χ2v) is 5.99. The van der Waals surface area contributed by atoms with E-state index in [-0.39, 0.29) is 0 Å². The van der Waals surface area contributed by atoms with E-state index in [1.807, 2.05) is 0 Å². The summed E-state index contributed by atoms with van der Waals surface area (Å²) in [5.41, 5.74) is 0.588. The fourth-order valence-electron chi connectivity index (χ4n) is 0.761. The molecule has 1 atom stereocenters. The summed E-state index contributed by atoms with van der Waals surface area (Å²) in [6.07, 6.45) is 0. The molecule has 0 fully saturated rings. The predicted octanol–water partition coefficient (Wildman–Crippen LogP) is 4.46. The summed E-state index contributed by atoms with van der Waals surface area (Å²) in [6.45, 7) is 0. The third-order valence-electron chi connectivity index (χ3n) is 1.31. The summed E-state index contributed by atoms with van der Waals surface area (Å²) in [4.78, 5) is 0. The first-order valence-electron chi connectivity index (χ1n) is 3.04. The summed E-state index contributed by atoms with van der Waals surface area (Å²) >= 11 is 23.3. The van der Waals surface area contributed by atoms with E-state index in [4.69, 9.17) is 46.4 Å². The summed E-state index contributed by atoms with van der Waals surface area (Å²) in [7, 11) is 2.27. The molecule has 1 unspecified atom stereocenters. The van der Waals surface area contributed by atoms with Crippen molar-refractivity contribution in [3.63, 3.8) is 0 Å². The highest BCUT2D eigenvalue weighted by Crippen LogP contribution is 2.45. The van der Waals surface area contributed by atoms with Gasteiger partial charge in [0.05, 0.1) is 10.0 Å². The van der Waals surface area contributed by atoms with Gasteiger partial charge in [0.2, 0.25) is 0 Å². The van der Waals surface area contributed by atoms with Crippen LogP contribution in [0.15, 0.2) is 18.2 Å². The number of halogens is 4. The van der Waals surface area contributed by atoms with Crippen molar-refractivity contribution in [3.05, 3.63) is 33.8 Å². The SMILES string of the molecule is PC(Cl)(Cl)c1cccc(Cl)c1Cl. The van der Waals surface area contributed by atoms with Crippen LogP contribution in [0.2, 0.25) is 10.0 Å². The van der Waals surface area contributed by atoms with Crippen LogP contribution >= 0.6 is 55.6 Å². The zero-order chi connectivity index (χ0) is 9.35. The van der Waals surface area contributed by atoms with Crippen molar-refractivity contribution in [1.82, 2.24) is 0 Å². The fourth-order valence-corrected chi connectivity index (χ4v) is 1.95. The minimum absolute atomic E-state index is 0.388. The molecule has 5 heteroatoms. The van der Waals surface area contributed by atoms with E-state index in [2.05, 4.69) is 9.24 Å². The number of alkyl halides is 2. The molecule has 0 N–H and O–H groups in total. The molecule has 0 heterocycles. The van der Waals surface area contributed by atoms with Gasteiger partial charge in [-0.05, 0) is 6.07 Å². The smallest absolute Gasteiger partial charge is 0.0937 e. The molecule has 0 radical (unpaired) electrons. The summed E-state index contributed by atoms with van der Waals surface area (Å²) < 4.78 is -1.08. The molecule has 0 spiro atoms. The van der Waals surface area contributed by atoms with E-state index < -0.39 is 4.07 Å². The van der Waals surface area contributed by atoms with Crippen LogP contribution in [0.1, 0.15) is 5.56 Å². The Hall–Kier alpha value is 0.810. The van der Waals surface area contributed by atoms with Crippen molar-refractivity contribution in [2.75, 3.05) is 0 Å². The van der Waals surface area contributed by atoms with Crippen LogP contribution in [0.5, 0.6) is 0 Å². The topological polar surface area (TPSA) is 0 Å². The molecular formula is C7H5Cl4P. The van der Waals surface area contributed by atoms with Gasteiger partial charge in [0.1, 0.15) is 0 Å². The number of hydrogen-bond donors (Lipinski definition) is 0. The second-order valence-electron chi connectivity index (χ2n) is 2.22. The van der Waals surface area contributed by atoms with Gasteiger partial charge in [0.15, 0.2) is 4.07 Å². The molecule has 0 aromatic heterocycles. The summed E-state index contributed by atoms with van der Waals surface area (Å²) in [6, 6.07) is 5.14. The standard InChI is InChI=1S/C7H5Cl4P/c8-5-3-1-2-4(6(5)9)7(10,11)12/h1-3H,12H2. The Kier molecular flexibility index (Phi) is 3.54. The van der Waals surface area contributed by atoms with Crippen molar-refractivity contribution in [1.29, 1.82) is 0 Å². The molecule has 1 rings (SSSR count). The van der Waals surface area contributed by atoms with Crippen LogP contribution in [0, 0.1) is 0 Å². The second kappa shape index (κ2) is 3.90. The first-order chi connectivity index (χ1) is 5.43. The molecule has 0 saturated carbocycles. The van der Waals surface area contributed by atoms with E-state index >= 15 is 0 Å². The first kappa shape index (κ1) is 10.9. The largest absolute Gasteiger partial charge is 0.157 e. The zero-order valence-electron chi connectivity index (χ0n) is 5.82. The maximum absolute atomic E-state index is 5.86. The van der Waals surface area contributed by atoms with Crippen molar-refractivity contribution < 1.29 is 0 Å². The van der Waals surface area contributed by atoms with E-state index in [1.54, 1.807) is 18.2 Å². The van der Waals surface area contributed by atoms with Crippen LogP contribution < -0.4 is 0 Å². The molecule has 0 aliphatic heterocycles. The summed E-state index contributed by atoms with van der Waals surface area (Å²) in [5.74, 6) is 0. The normalized spacial score (nSPS) is 11.8. The van der Waals surface area contributed by atoms with Crippen LogP contribution in [0.25, 0.3) is 0 Å². The van der Waals surface area contributed by atoms with E-state index in [9.17, 15) is 0 Å². The average Bonchev–Trinajstić information content (AvgIpc) is 1.92. The maximum atomic E-state index is 5.86. The average molecular weight is 262 g/mol. The predicted molar refractivity (Wildman–Crippen MR) is 59.6 cm³/mol.